The smallest absolute Gasteiger partial charge is 0.0609 e. The number of hydrogen-bond acceptors (Lipinski definition) is 3. The van der Waals surface area contributed by atoms with Crippen LogP contribution in [-0.4, -0.2) is 41.8 Å². The molecule has 0 aliphatic heterocycles. The van der Waals surface area contributed by atoms with Crippen LogP contribution in [0.5, 0.6) is 0 Å². The minimum atomic E-state index is -0.441. The van der Waals surface area contributed by atoms with Gasteiger partial charge in [-0.2, -0.15) is 0 Å². The Labute approximate surface area is 100 Å². The zero-order chi connectivity index (χ0) is 12.2. The molecule has 1 fully saturated rings. The predicted molar refractivity (Wildman–Crippen MR) is 68.3 cm³/mol. The monoisotopic (exact) mass is 228 g/mol. The quantitative estimate of drug-likeness (QED) is 0.726. The highest BCUT2D eigenvalue weighted by Crippen LogP contribution is 2.26. The summed E-state index contributed by atoms with van der Waals surface area (Å²) in [7, 11) is 2.18. The third kappa shape index (κ3) is 4.40. The van der Waals surface area contributed by atoms with E-state index in [4.69, 9.17) is 10.8 Å². The summed E-state index contributed by atoms with van der Waals surface area (Å²) in [6.45, 7) is 5.37. The summed E-state index contributed by atoms with van der Waals surface area (Å²) < 4.78 is 0. The van der Waals surface area contributed by atoms with Crippen LogP contribution in [0, 0.1) is 5.92 Å². The van der Waals surface area contributed by atoms with Crippen molar-refractivity contribution < 1.29 is 5.11 Å². The van der Waals surface area contributed by atoms with Crippen molar-refractivity contribution in [1.82, 2.24) is 4.90 Å². The summed E-state index contributed by atoms with van der Waals surface area (Å²) in [5, 5.41) is 9.17. The van der Waals surface area contributed by atoms with E-state index in [1.54, 1.807) is 0 Å². The van der Waals surface area contributed by atoms with Gasteiger partial charge in [0.1, 0.15) is 0 Å². The fourth-order valence-corrected chi connectivity index (χ4v) is 2.68. The average Bonchev–Trinajstić information content (AvgIpc) is 2.69. The van der Waals surface area contributed by atoms with Gasteiger partial charge in [0.15, 0.2) is 0 Å². The van der Waals surface area contributed by atoms with Crippen molar-refractivity contribution in [3.05, 3.63) is 0 Å². The van der Waals surface area contributed by atoms with Crippen molar-refractivity contribution in [3.8, 4) is 0 Å². The molecule has 0 amide bonds. The molecule has 2 atom stereocenters. The van der Waals surface area contributed by atoms with Gasteiger partial charge in [-0.3, -0.25) is 0 Å². The Morgan fingerprint density at radius 1 is 1.44 bits per heavy atom. The number of nitrogens with two attached hydrogens (primary N) is 1. The Morgan fingerprint density at radius 3 is 2.50 bits per heavy atom. The molecule has 0 saturated heterocycles. The largest absolute Gasteiger partial charge is 0.394 e. The Hall–Kier alpha value is -0.120. The van der Waals surface area contributed by atoms with Gasteiger partial charge in [0, 0.05) is 18.1 Å². The van der Waals surface area contributed by atoms with Gasteiger partial charge in [-0.15, -0.1) is 0 Å². The lowest BCUT2D eigenvalue weighted by molar-refractivity contribution is 0.143. The molecule has 0 spiro atoms. The van der Waals surface area contributed by atoms with E-state index in [1.807, 2.05) is 6.92 Å². The molecule has 1 rings (SSSR count). The number of hydrogen-bond donors (Lipinski definition) is 2. The first kappa shape index (κ1) is 13.9. The Kier molecular flexibility index (Phi) is 5.22. The van der Waals surface area contributed by atoms with Crippen molar-refractivity contribution in [2.45, 2.75) is 57.5 Å². The molecule has 1 saturated carbocycles. The van der Waals surface area contributed by atoms with E-state index in [0.717, 1.165) is 12.3 Å². The van der Waals surface area contributed by atoms with Crippen LogP contribution in [0.3, 0.4) is 0 Å². The van der Waals surface area contributed by atoms with Gasteiger partial charge in [-0.1, -0.05) is 12.8 Å². The SMILES string of the molecule is CC(CC(C)(N)CO)N(C)CC1CCCC1. The molecule has 1 aliphatic rings. The number of rotatable bonds is 6. The van der Waals surface area contributed by atoms with E-state index in [-0.39, 0.29) is 6.61 Å². The van der Waals surface area contributed by atoms with Crippen molar-refractivity contribution in [2.24, 2.45) is 11.7 Å². The topological polar surface area (TPSA) is 49.5 Å². The van der Waals surface area contributed by atoms with Crippen LogP contribution >= 0.6 is 0 Å². The van der Waals surface area contributed by atoms with Gasteiger partial charge in [0.2, 0.25) is 0 Å². The Morgan fingerprint density at radius 2 is 2.00 bits per heavy atom. The van der Waals surface area contributed by atoms with Crippen LogP contribution in [0.4, 0.5) is 0 Å². The van der Waals surface area contributed by atoms with E-state index in [9.17, 15) is 0 Å². The summed E-state index contributed by atoms with van der Waals surface area (Å²) >= 11 is 0. The second-order valence-corrected chi connectivity index (χ2v) is 5.96. The molecule has 16 heavy (non-hydrogen) atoms. The lowest BCUT2D eigenvalue weighted by atomic mass is 9.94. The summed E-state index contributed by atoms with van der Waals surface area (Å²) in [5.74, 6) is 0.880. The van der Waals surface area contributed by atoms with E-state index < -0.39 is 5.54 Å². The predicted octanol–water partition coefficient (Wildman–Crippen LogP) is 1.60. The van der Waals surface area contributed by atoms with Crippen LogP contribution in [0.1, 0.15) is 46.0 Å². The second kappa shape index (κ2) is 5.99. The minimum Gasteiger partial charge on any atom is -0.394 e. The molecule has 0 aromatic carbocycles. The number of nitrogens with zero attached hydrogens (tertiary/aromatic N) is 1. The number of aliphatic hydroxyl groups excluding tert-OH is 1. The zero-order valence-electron chi connectivity index (χ0n) is 11.1. The molecule has 0 radical (unpaired) electrons. The maximum Gasteiger partial charge on any atom is 0.0609 e. The number of aliphatic hydroxyl groups is 1. The molecule has 3 N–H and O–H groups in total. The molecular formula is C13H28N2O. The van der Waals surface area contributed by atoms with Gasteiger partial charge in [-0.05, 0) is 46.1 Å². The van der Waals surface area contributed by atoms with Gasteiger partial charge in [0.05, 0.1) is 6.61 Å². The minimum absolute atomic E-state index is 0.0641. The van der Waals surface area contributed by atoms with Crippen LogP contribution in [0.2, 0.25) is 0 Å². The average molecular weight is 228 g/mol. The van der Waals surface area contributed by atoms with Crippen molar-refractivity contribution in [1.29, 1.82) is 0 Å². The molecule has 2 unspecified atom stereocenters. The van der Waals surface area contributed by atoms with Crippen molar-refractivity contribution in [2.75, 3.05) is 20.2 Å². The molecule has 0 bridgehead atoms. The highest BCUT2D eigenvalue weighted by molar-refractivity contribution is 4.83. The normalized spacial score (nSPS) is 23.6. The molecule has 96 valence electrons. The third-order valence-corrected chi connectivity index (χ3v) is 3.90. The summed E-state index contributed by atoms with van der Waals surface area (Å²) in [4.78, 5) is 2.40. The van der Waals surface area contributed by atoms with E-state index in [1.165, 1.54) is 32.2 Å². The molecule has 3 nitrogen and oxygen atoms in total. The fourth-order valence-electron chi connectivity index (χ4n) is 2.68. The van der Waals surface area contributed by atoms with Crippen molar-refractivity contribution >= 4 is 0 Å². The Balaban J connectivity index is 2.31. The van der Waals surface area contributed by atoms with Gasteiger partial charge < -0.3 is 15.7 Å². The summed E-state index contributed by atoms with van der Waals surface area (Å²) in [5.41, 5.74) is 5.55. The third-order valence-electron chi connectivity index (χ3n) is 3.90. The molecule has 0 aromatic heterocycles. The molecular weight excluding hydrogens is 200 g/mol. The lowest BCUT2D eigenvalue weighted by Gasteiger charge is -2.33. The van der Waals surface area contributed by atoms with Crippen LogP contribution in [-0.2, 0) is 0 Å². The highest BCUT2D eigenvalue weighted by atomic mass is 16.3. The second-order valence-electron chi connectivity index (χ2n) is 5.96. The molecule has 1 aliphatic carbocycles. The van der Waals surface area contributed by atoms with Gasteiger partial charge >= 0.3 is 0 Å². The van der Waals surface area contributed by atoms with Gasteiger partial charge in [0.25, 0.3) is 0 Å². The van der Waals surface area contributed by atoms with Gasteiger partial charge in [-0.25, -0.2) is 0 Å². The standard InChI is InChI=1S/C13H28N2O/c1-11(8-13(2,14)10-16)15(3)9-12-6-4-5-7-12/h11-12,16H,4-10,14H2,1-3H3. The summed E-state index contributed by atoms with van der Waals surface area (Å²) in [6.07, 6.45) is 6.43. The van der Waals surface area contributed by atoms with E-state index in [2.05, 4.69) is 18.9 Å². The first-order valence-electron chi connectivity index (χ1n) is 6.54. The molecule has 0 aromatic rings. The van der Waals surface area contributed by atoms with Crippen LogP contribution in [0.25, 0.3) is 0 Å². The fraction of sp³-hybridized carbons (Fsp3) is 1.00. The van der Waals surface area contributed by atoms with E-state index in [0.29, 0.717) is 6.04 Å². The van der Waals surface area contributed by atoms with Crippen molar-refractivity contribution in [3.63, 3.8) is 0 Å². The van der Waals surface area contributed by atoms with Crippen LogP contribution < -0.4 is 5.73 Å². The maximum atomic E-state index is 9.17. The van der Waals surface area contributed by atoms with E-state index >= 15 is 0 Å². The lowest BCUT2D eigenvalue weighted by Crippen LogP contribution is -2.47. The molecule has 3 heteroatoms. The first-order chi connectivity index (χ1) is 7.44. The maximum absolute atomic E-state index is 9.17. The summed E-state index contributed by atoms with van der Waals surface area (Å²) in [6, 6.07) is 0.447. The highest BCUT2D eigenvalue weighted by Gasteiger charge is 2.25. The van der Waals surface area contributed by atoms with Crippen LogP contribution in [0.15, 0.2) is 0 Å². The first-order valence-corrected chi connectivity index (χ1v) is 6.54. The zero-order valence-corrected chi connectivity index (χ0v) is 11.1. The Bertz CT molecular complexity index is 200. The molecule has 0 heterocycles.